The molecule has 1 aromatic carbocycles. The molecule has 0 bridgehead atoms. The van der Waals surface area contributed by atoms with E-state index in [1.54, 1.807) is 18.2 Å². The molecule has 0 saturated heterocycles. The number of amides is 4. The van der Waals surface area contributed by atoms with Crippen molar-refractivity contribution in [1.82, 2.24) is 5.32 Å². The summed E-state index contributed by atoms with van der Waals surface area (Å²) in [6.07, 6.45) is -0.164. The van der Waals surface area contributed by atoms with Gasteiger partial charge in [0.2, 0.25) is 11.8 Å². The summed E-state index contributed by atoms with van der Waals surface area (Å²) in [5.74, 6) is -0.928. The summed E-state index contributed by atoms with van der Waals surface area (Å²) in [5, 5.41) is 7.51. The number of para-hydroxylation sites is 2. The van der Waals surface area contributed by atoms with Crippen molar-refractivity contribution in [2.24, 2.45) is 5.73 Å². The summed E-state index contributed by atoms with van der Waals surface area (Å²) in [6.45, 7) is 0. The van der Waals surface area contributed by atoms with Crippen LogP contribution in [0.4, 0.5) is 16.2 Å². The number of urea groups is 1. The normalized spacial score (nSPS) is 17.1. The van der Waals surface area contributed by atoms with Gasteiger partial charge in [-0.1, -0.05) is 12.1 Å². The number of primary amides is 1. The first kappa shape index (κ1) is 11.9. The Bertz CT molecular complexity index is 515. The molecule has 7 nitrogen and oxygen atoms in total. The molecule has 0 saturated carbocycles. The number of imide groups is 1. The summed E-state index contributed by atoms with van der Waals surface area (Å²) in [4.78, 5) is 33.6. The van der Waals surface area contributed by atoms with Gasteiger partial charge in [0.25, 0.3) is 0 Å². The molecular weight excluding hydrogens is 236 g/mol. The second kappa shape index (κ2) is 4.74. The Balaban J connectivity index is 2.06. The molecule has 0 aliphatic carbocycles. The van der Waals surface area contributed by atoms with Crippen LogP contribution < -0.4 is 21.7 Å². The summed E-state index contributed by atoms with van der Waals surface area (Å²) < 4.78 is 0. The lowest BCUT2D eigenvalue weighted by Crippen LogP contribution is -2.44. The Kier molecular flexibility index (Phi) is 3.13. The Morgan fingerprint density at radius 2 is 1.94 bits per heavy atom. The quantitative estimate of drug-likeness (QED) is 0.590. The van der Waals surface area contributed by atoms with Crippen molar-refractivity contribution in [3.8, 4) is 0 Å². The van der Waals surface area contributed by atoms with Crippen LogP contribution in [0.5, 0.6) is 0 Å². The molecule has 1 aliphatic heterocycles. The molecule has 7 heteroatoms. The Labute approximate surface area is 103 Å². The van der Waals surface area contributed by atoms with E-state index in [4.69, 9.17) is 5.73 Å². The van der Waals surface area contributed by atoms with E-state index in [1.165, 1.54) is 0 Å². The maximum Gasteiger partial charge on any atom is 0.318 e. The second-order valence-corrected chi connectivity index (χ2v) is 3.85. The van der Waals surface area contributed by atoms with Gasteiger partial charge < -0.3 is 16.4 Å². The summed E-state index contributed by atoms with van der Waals surface area (Å²) in [6, 6.07) is 5.48. The van der Waals surface area contributed by atoms with Gasteiger partial charge in [0, 0.05) is 0 Å². The van der Waals surface area contributed by atoms with Crippen molar-refractivity contribution >= 4 is 29.2 Å². The number of nitrogens with one attached hydrogen (secondary N) is 3. The van der Waals surface area contributed by atoms with E-state index in [0.29, 0.717) is 5.69 Å². The van der Waals surface area contributed by atoms with Crippen molar-refractivity contribution in [2.45, 2.75) is 12.5 Å². The predicted molar refractivity (Wildman–Crippen MR) is 64.8 cm³/mol. The molecule has 0 radical (unpaired) electrons. The van der Waals surface area contributed by atoms with Crippen LogP contribution in [0.15, 0.2) is 24.3 Å². The molecule has 1 unspecified atom stereocenters. The summed E-state index contributed by atoms with van der Waals surface area (Å²) in [7, 11) is 0. The third kappa shape index (κ3) is 2.57. The van der Waals surface area contributed by atoms with Gasteiger partial charge in [-0.3, -0.25) is 14.9 Å². The fourth-order valence-corrected chi connectivity index (χ4v) is 1.71. The lowest BCUT2D eigenvalue weighted by Gasteiger charge is -2.26. The van der Waals surface area contributed by atoms with Gasteiger partial charge in [0.05, 0.1) is 17.8 Å². The standard InChI is InChI=1S/C11H12N4O3/c12-11(18)15-9(16)5-8-10(17)14-7-4-2-1-3-6(7)13-8/h1-4,8,13H,5H2,(H,14,17)(H3,12,15,16,18). The monoisotopic (exact) mass is 248 g/mol. The highest BCUT2D eigenvalue weighted by atomic mass is 16.2. The average Bonchev–Trinajstić information content (AvgIpc) is 2.29. The molecule has 1 heterocycles. The number of benzene rings is 1. The first-order chi connectivity index (χ1) is 8.56. The molecule has 0 fully saturated rings. The van der Waals surface area contributed by atoms with Crippen LogP contribution in [0.2, 0.25) is 0 Å². The zero-order valence-corrected chi connectivity index (χ0v) is 9.40. The van der Waals surface area contributed by atoms with Crippen molar-refractivity contribution in [2.75, 3.05) is 10.6 Å². The minimum Gasteiger partial charge on any atom is -0.372 e. The molecule has 94 valence electrons. The van der Waals surface area contributed by atoms with Crippen LogP contribution in [-0.2, 0) is 9.59 Å². The minimum atomic E-state index is -0.934. The molecule has 0 spiro atoms. The van der Waals surface area contributed by atoms with E-state index in [2.05, 4.69) is 10.6 Å². The van der Waals surface area contributed by atoms with Crippen LogP contribution in [0, 0.1) is 0 Å². The molecular formula is C11H12N4O3. The molecule has 1 aliphatic rings. The number of hydrogen-bond acceptors (Lipinski definition) is 4. The molecule has 4 amide bonds. The smallest absolute Gasteiger partial charge is 0.318 e. The van der Waals surface area contributed by atoms with E-state index in [-0.39, 0.29) is 12.3 Å². The highest BCUT2D eigenvalue weighted by Crippen LogP contribution is 2.26. The van der Waals surface area contributed by atoms with Crippen LogP contribution in [0.25, 0.3) is 0 Å². The zero-order valence-electron chi connectivity index (χ0n) is 9.40. The molecule has 5 N–H and O–H groups in total. The second-order valence-electron chi connectivity index (χ2n) is 3.85. The van der Waals surface area contributed by atoms with Gasteiger partial charge in [-0.05, 0) is 12.1 Å². The molecule has 1 aromatic rings. The van der Waals surface area contributed by atoms with E-state index in [9.17, 15) is 14.4 Å². The van der Waals surface area contributed by atoms with E-state index in [1.807, 2.05) is 11.4 Å². The van der Waals surface area contributed by atoms with E-state index < -0.39 is 18.0 Å². The fourth-order valence-electron chi connectivity index (χ4n) is 1.71. The predicted octanol–water partition coefficient (Wildman–Crippen LogP) is 0.00420. The zero-order chi connectivity index (χ0) is 13.1. The SMILES string of the molecule is NC(=O)NC(=O)CC1Nc2ccccc2NC1=O. The number of carbonyl (C=O) groups excluding carboxylic acids is 3. The van der Waals surface area contributed by atoms with Crippen molar-refractivity contribution < 1.29 is 14.4 Å². The van der Waals surface area contributed by atoms with Crippen LogP contribution in [-0.4, -0.2) is 23.9 Å². The van der Waals surface area contributed by atoms with E-state index >= 15 is 0 Å². The summed E-state index contributed by atoms with van der Waals surface area (Å²) >= 11 is 0. The first-order valence-electron chi connectivity index (χ1n) is 5.32. The molecule has 18 heavy (non-hydrogen) atoms. The number of carbonyl (C=O) groups is 3. The maximum absolute atomic E-state index is 11.7. The number of anilines is 2. The third-order valence-corrected chi connectivity index (χ3v) is 2.48. The number of nitrogens with two attached hydrogens (primary N) is 1. The molecule has 1 atom stereocenters. The Hall–Kier alpha value is -2.57. The molecule has 0 aromatic heterocycles. The van der Waals surface area contributed by atoms with Crippen LogP contribution in [0.1, 0.15) is 6.42 Å². The number of fused-ring (bicyclic) bond motifs is 1. The number of rotatable bonds is 2. The summed E-state index contributed by atoms with van der Waals surface area (Å²) in [5.41, 5.74) is 6.21. The largest absolute Gasteiger partial charge is 0.372 e. The van der Waals surface area contributed by atoms with Crippen molar-refractivity contribution in [1.29, 1.82) is 0 Å². The Morgan fingerprint density at radius 1 is 1.28 bits per heavy atom. The van der Waals surface area contributed by atoms with Crippen LogP contribution in [0.3, 0.4) is 0 Å². The fraction of sp³-hybridized carbons (Fsp3) is 0.182. The van der Waals surface area contributed by atoms with Gasteiger partial charge in [-0.15, -0.1) is 0 Å². The van der Waals surface area contributed by atoms with Crippen molar-refractivity contribution in [3.63, 3.8) is 0 Å². The topological polar surface area (TPSA) is 113 Å². The number of hydrogen-bond donors (Lipinski definition) is 4. The van der Waals surface area contributed by atoms with Gasteiger partial charge in [0.1, 0.15) is 6.04 Å². The van der Waals surface area contributed by atoms with Gasteiger partial charge in [-0.2, -0.15) is 0 Å². The maximum atomic E-state index is 11.7. The van der Waals surface area contributed by atoms with Gasteiger partial charge in [0.15, 0.2) is 0 Å². The van der Waals surface area contributed by atoms with E-state index in [0.717, 1.165) is 5.69 Å². The van der Waals surface area contributed by atoms with Gasteiger partial charge >= 0.3 is 6.03 Å². The highest BCUT2D eigenvalue weighted by molar-refractivity contribution is 6.05. The minimum absolute atomic E-state index is 0.164. The van der Waals surface area contributed by atoms with Crippen LogP contribution >= 0.6 is 0 Å². The third-order valence-electron chi connectivity index (χ3n) is 2.48. The lowest BCUT2D eigenvalue weighted by atomic mass is 10.1. The van der Waals surface area contributed by atoms with Gasteiger partial charge in [-0.25, -0.2) is 4.79 Å². The average molecular weight is 248 g/mol. The van der Waals surface area contributed by atoms with Crippen molar-refractivity contribution in [3.05, 3.63) is 24.3 Å². The Morgan fingerprint density at radius 3 is 2.61 bits per heavy atom. The molecule has 2 rings (SSSR count). The first-order valence-corrected chi connectivity index (χ1v) is 5.32. The lowest BCUT2D eigenvalue weighted by molar-refractivity contribution is -0.124. The highest BCUT2D eigenvalue weighted by Gasteiger charge is 2.27.